The van der Waals surface area contributed by atoms with Gasteiger partial charge in [-0.15, -0.1) is 12.4 Å². The van der Waals surface area contributed by atoms with Gasteiger partial charge in [0.15, 0.2) is 0 Å². The highest BCUT2D eigenvalue weighted by Crippen LogP contribution is 2.20. The van der Waals surface area contributed by atoms with Crippen LogP contribution in [0.3, 0.4) is 0 Å². The molecular weight excluding hydrogens is 276 g/mol. The van der Waals surface area contributed by atoms with Gasteiger partial charge in [-0.25, -0.2) is 0 Å². The lowest BCUT2D eigenvalue weighted by Crippen LogP contribution is -2.23. The van der Waals surface area contributed by atoms with Crippen LogP contribution in [0.25, 0.3) is 0 Å². The first kappa shape index (κ1) is 18.7. The number of nitrogens with one attached hydrogen (secondary N) is 1. The molecule has 0 spiro atoms. The average Bonchev–Trinajstić information content (AvgIpc) is 2.27. The molecule has 5 heteroatoms. The van der Waals surface area contributed by atoms with E-state index in [1.807, 2.05) is 52.0 Å². The van der Waals surface area contributed by atoms with Crippen molar-refractivity contribution < 1.29 is 9.53 Å². The van der Waals surface area contributed by atoms with E-state index in [2.05, 4.69) is 5.32 Å². The molecule has 0 saturated heterocycles. The Morgan fingerprint density at radius 2 is 1.85 bits per heavy atom. The Labute approximate surface area is 127 Å². The van der Waals surface area contributed by atoms with Gasteiger partial charge >= 0.3 is 0 Å². The quantitative estimate of drug-likeness (QED) is 0.876. The number of hydrogen-bond donors (Lipinski definition) is 2. The second-order valence-corrected chi connectivity index (χ2v) is 5.80. The number of carbonyl (C=O) groups is 1. The molecule has 1 atom stereocenters. The molecule has 114 valence electrons. The average molecular weight is 301 g/mol. The van der Waals surface area contributed by atoms with E-state index in [1.165, 1.54) is 0 Å². The monoisotopic (exact) mass is 300 g/mol. The third-order valence-corrected chi connectivity index (χ3v) is 2.39. The molecule has 1 rings (SSSR count). The SMILES string of the molecule is CC(N)CCC(=O)Nc1ccc(OC(C)(C)C)cc1.Cl. The lowest BCUT2D eigenvalue weighted by molar-refractivity contribution is -0.116. The van der Waals surface area contributed by atoms with Crippen molar-refractivity contribution >= 4 is 24.0 Å². The number of amides is 1. The summed E-state index contributed by atoms with van der Waals surface area (Å²) in [5.74, 6) is 0.780. The van der Waals surface area contributed by atoms with E-state index in [0.717, 1.165) is 11.4 Å². The first-order valence-corrected chi connectivity index (χ1v) is 6.61. The largest absolute Gasteiger partial charge is 0.488 e. The van der Waals surface area contributed by atoms with Crippen molar-refractivity contribution in [3.63, 3.8) is 0 Å². The number of rotatable bonds is 5. The highest BCUT2D eigenvalue weighted by Gasteiger charge is 2.11. The molecule has 1 aromatic carbocycles. The molecule has 1 amide bonds. The van der Waals surface area contributed by atoms with Crippen molar-refractivity contribution in [3.8, 4) is 5.75 Å². The second kappa shape index (κ2) is 8.12. The number of nitrogens with two attached hydrogens (primary N) is 1. The Balaban J connectivity index is 0.00000361. The maximum Gasteiger partial charge on any atom is 0.224 e. The third-order valence-electron chi connectivity index (χ3n) is 2.39. The van der Waals surface area contributed by atoms with Crippen LogP contribution < -0.4 is 15.8 Å². The Kier molecular flexibility index (Phi) is 7.61. The van der Waals surface area contributed by atoms with Gasteiger partial charge in [0.05, 0.1) is 0 Å². The lowest BCUT2D eigenvalue weighted by atomic mass is 10.2. The van der Waals surface area contributed by atoms with E-state index in [0.29, 0.717) is 12.8 Å². The van der Waals surface area contributed by atoms with E-state index < -0.39 is 0 Å². The summed E-state index contributed by atoms with van der Waals surface area (Å²) in [7, 11) is 0. The predicted molar refractivity (Wildman–Crippen MR) is 85.6 cm³/mol. The minimum absolute atomic E-state index is 0. The van der Waals surface area contributed by atoms with Gasteiger partial charge in [-0.05, 0) is 58.4 Å². The number of halogens is 1. The molecule has 4 nitrogen and oxygen atoms in total. The molecule has 1 unspecified atom stereocenters. The van der Waals surface area contributed by atoms with E-state index in [1.54, 1.807) is 0 Å². The standard InChI is InChI=1S/C15H24N2O2.ClH/c1-11(16)5-10-14(18)17-12-6-8-13(9-7-12)19-15(2,3)4;/h6-9,11H,5,10,16H2,1-4H3,(H,17,18);1H. The first-order chi connectivity index (χ1) is 8.76. The van der Waals surface area contributed by atoms with Crippen LogP contribution in [0.4, 0.5) is 5.69 Å². The first-order valence-electron chi connectivity index (χ1n) is 6.61. The Hall–Kier alpha value is -1.26. The number of carbonyl (C=O) groups excluding carboxylic acids is 1. The highest BCUT2D eigenvalue weighted by atomic mass is 35.5. The van der Waals surface area contributed by atoms with Gasteiger partial charge < -0.3 is 15.8 Å². The molecule has 0 bridgehead atoms. The number of hydrogen-bond acceptors (Lipinski definition) is 3. The van der Waals surface area contributed by atoms with Crippen LogP contribution in [0.1, 0.15) is 40.5 Å². The topological polar surface area (TPSA) is 64.4 Å². The van der Waals surface area contributed by atoms with Crippen LogP contribution in [0.2, 0.25) is 0 Å². The van der Waals surface area contributed by atoms with Crippen LogP contribution in [0, 0.1) is 0 Å². The van der Waals surface area contributed by atoms with Crippen LogP contribution in [0.5, 0.6) is 5.75 Å². The molecule has 0 aliphatic heterocycles. The zero-order valence-corrected chi connectivity index (χ0v) is 13.4. The molecule has 0 radical (unpaired) electrons. The van der Waals surface area contributed by atoms with Crippen LogP contribution in [-0.2, 0) is 4.79 Å². The van der Waals surface area contributed by atoms with Crippen molar-refractivity contribution in [2.24, 2.45) is 5.73 Å². The molecule has 0 saturated carbocycles. The fraction of sp³-hybridized carbons (Fsp3) is 0.533. The summed E-state index contributed by atoms with van der Waals surface area (Å²) in [6.45, 7) is 7.88. The molecule has 0 aliphatic carbocycles. The summed E-state index contributed by atoms with van der Waals surface area (Å²) < 4.78 is 5.71. The molecule has 0 heterocycles. The minimum Gasteiger partial charge on any atom is -0.488 e. The second-order valence-electron chi connectivity index (χ2n) is 5.80. The van der Waals surface area contributed by atoms with Gasteiger partial charge in [0.25, 0.3) is 0 Å². The van der Waals surface area contributed by atoms with E-state index in [9.17, 15) is 4.79 Å². The molecule has 0 aliphatic rings. The fourth-order valence-electron chi connectivity index (χ4n) is 1.54. The maximum absolute atomic E-state index is 11.6. The molecular formula is C15H25ClN2O2. The van der Waals surface area contributed by atoms with Gasteiger partial charge in [-0.1, -0.05) is 0 Å². The van der Waals surface area contributed by atoms with Crippen molar-refractivity contribution in [2.75, 3.05) is 5.32 Å². The Morgan fingerprint density at radius 1 is 1.30 bits per heavy atom. The molecule has 20 heavy (non-hydrogen) atoms. The van der Waals surface area contributed by atoms with Crippen molar-refractivity contribution in [2.45, 2.75) is 52.2 Å². The normalized spacial score (nSPS) is 12.2. The van der Waals surface area contributed by atoms with Crippen LogP contribution >= 0.6 is 12.4 Å². The third kappa shape index (κ3) is 8.02. The molecule has 1 aromatic rings. The lowest BCUT2D eigenvalue weighted by Gasteiger charge is -2.21. The smallest absolute Gasteiger partial charge is 0.224 e. The fourth-order valence-corrected chi connectivity index (χ4v) is 1.54. The zero-order chi connectivity index (χ0) is 14.5. The Morgan fingerprint density at radius 3 is 2.30 bits per heavy atom. The summed E-state index contributed by atoms with van der Waals surface area (Å²) in [5, 5.41) is 2.84. The summed E-state index contributed by atoms with van der Waals surface area (Å²) >= 11 is 0. The summed E-state index contributed by atoms with van der Waals surface area (Å²) in [4.78, 5) is 11.6. The number of ether oxygens (including phenoxy) is 1. The minimum atomic E-state index is -0.220. The molecule has 0 aromatic heterocycles. The number of anilines is 1. The summed E-state index contributed by atoms with van der Waals surface area (Å²) in [5.41, 5.74) is 6.17. The van der Waals surface area contributed by atoms with Crippen LogP contribution in [0.15, 0.2) is 24.3 Å². The molecule has 0 fully saturated rings. The molecule has 3 N–H and O–H groups in total. The van der Waals surface area contributed by atoms with Gasteiger partial charge in [-0.2, -0.15) is 0 Å². The zero-order valence-electron chi connectivity index (χ0n) is 12.6. The summed E-state index contributed by atoms with van der Waals surface area (Å²) in [6.07, 6.45) is 1.13. The van der Waals surface area contributed by atoms with Gasteiger partial charge in [-0.3, -0.25) is 4.79 Å². The Bertz CT molecular complexity index is 411. The van der Waals surface area contributed by atoms with Crippen molar-refractivity contribution in [1.82, 2.24) is 0 Å². The van der Waals surface area contributed by atoms with Crippen molar-refractivity contribution in [1.29, 1.82) is 0 Å². The predicted octanol–water partition coefficient (Wildman–Crippen LogP) is 3.35. The highest BCUT2D eigenvalue weighted by molar-refractivity contribution is 5.90. The van der Waals surface area contributed by atoms with E-state index in [-0.39, 0.29) is 30.0 Å². The van der Waals surface area contributed by atoms with Crippen molar-refractivity contribution in [3.05, 3.63) is 24.3 Å². The van der Waals surface area contributed by atoms with Gasteiger partial charge in [0.2, 0.25) is 5.91 Å². The van der Waals surface area contributed by atoms with Gasteiger partial charge in [0, 0.05) is 18.2 Å². The van der Waals surface area contributed by atoms with Crippen LogP contribution in [-0.4, -0.2) is 17.6 Å². The maximum atomic E-state index is 11.6. The number of benzene rings is 1. The summed E-state index contributed by atoms with van der Waals surface area (Å²) in [6, 6.07) is 7.43. The van der Waals surface area contributed by atoms with Gasteiger partial charge in [0.1, 0.15) is 11.4 Å². The van der Waals surface area contributed by atoms with E-state index >= 15 is 0 Å². The van der Waals surface area contributed by atoms with E-state index in [4.69, 9.17) is 10.5 Å².